The maximum atomic E-state index is 13.0. The average molecular weight is 323 g/mol. The first kappa shape index (κ1) is 13.7. The summed E-state index contributed by atoms with van der Waals surface area (Å²) in [5.41, 5.74) is 5.42. The number of benzene rings is 1. The molecule has 1 aliphatic rings. The highest BCUT2D eigenvalue weighted by molar-refractivity contribution is 9.10. The number of hydrogen-bond donors (Lipinski definition) is 1. The zero-order chi connectivity index (χ0) is 13.3. The van der Waals surface area contributed by atoms with E-state index in [0.717, 1.165) is 18.9 Å². The van der Waals surface area contributed by atoms with Gasteiger partial charge in [-0.25, -0.2) is 0 Å². The minimum Gasteiger partial charge on any atom is -0.371 e. The van der Waals surface area contributed by atoms with Gasteiger partial charge in [0.1, 0.15) is 0 Å². The Morgan fingerprint density at radius 1 is 1.22 bits per heavy atom. The molecule has 100 valence electrons. The number of anilines is 1. The minimum atomic E-state index is -4.33. The highest BCUT2D eigenvalue weighted by Crippen LogP contribution is 2.38. The van der Waals surface area contributed by atoms with Crippen LogP contribution in [0, 0.1) is 0 Å². The van der Waals surface area contributed by atoms with Gasteiger partial charge in [0.25, 0.3) is 0 Å². The molecule has 1 heterocycles. The van der Waals surface area contributed by atoms with Crippen molar-refractivity contribution >= 4 is 21.6 Å². The van der Waals surface area contributed by atoms with E-state index in [9.17, 15) is 13.2 Å². The summed E-state index contributed by atoms with van der Waals surface area (Å²) in [5.74, 6) is 0. The first-order valence-electron chi connectivity index (χ1n) is 5.75. The summed E-state index contributed by atoms with van der Waals surface area (Å²) in [6, 6.07) is 4.39. The van der Waals surface area contributed by atoms with Crippen LogP contribution in [0.15, 0.2) is 22.7 Å². The zero-order valence-corrected chi connectivity index (χ0v) is 11.3. The SMILES string of the molecule is NC1CCN(c2ccc(Br)cc2C(F)(F)F)CC1. The summed E-state index contributed by atoms with van der Waals surface area (Å²) >= 11 is 3.08. The van der Waals surface area contributed by atoms with E-state index >= 15 is 0 Å². The molecule has 1 aromatic rings. The molecule has 6 heteroatoms. The second kappa shape index (κ2) is 5.09. The lowest BCUT2D eigenvalue weighted by Gasteiger charge is -2.33. The lowest BCUT2D eigenvalue weighted by atomic mass is 10.0. The van der Waals surface area contributed by atoms with Crippen molar-refractivity contribution in [3.05, 3.63) is 28.2 Å². The minimum absolute atomic E-state index is 0.103. The van der Waals surface area contributed by atoms with Crippen LogP contribution in [0.5, 0.6) is 0 Å². The van der Waals surface area contributed by atoms with Crippen LogP contribution in [0.1, 0.15) is 18.4 Å². The van der Waals surface area contributed by atoms with E-state index in [2.05, 4.69) is 15.9 Å². The third-order valence-electron chi connectivity index (χ3n) is 3.14. The fourth-order valence-corrected chi connectivity index (χ4v) is 2.51. The number of rotatable bonds is 1. The van der Waals surface area contributed by atoms with Gasteiger partial charge in [0, 0.05) is 29.3 Å². The molecule has 18 heavy (non-hydrogen) atoms. The second-order valence-electron chi connectivity index (χ2n) is 4.48. The molecule has 2 N–H and O–H groups in total. The molecule has 0 aliphatic carbocycles. The van der Waals surface area contributed by atoms with Crippen LogP contribution < -0.4 is 10.6 Å². The number of hydrogen-bond acceptors (Lipinski definition) is 2. The van der Waals surface area contributed by atoms with Crippen LogP contribution in [0.4, 0.5) is 18.9 Å². The zero-order valence-electron chi connectivity index (χ0n) is 9.67. The van der Waals surface area contributed by atoms with Crippen LogP contribution in [0.25, 0.3) is 0 Å². The Bertz CT molecular complexity index is 426. The molecule has 0 radical (unpaired) electrons. The van der Waals surface area contributed by atoms with Gasteiger partial charge in [0.2, 0.25) is 0 Å². The van der Waals surface area contributed by atoms with Gasteiger partial charge < -0.3 is 10.6 Å². The molecule has 0 spiro atoms. The van der Waals surface area contributed by atoms with Gasteiger partial charge in [-0.15, -0.1) is 0 Å². The van der Waals surface area contributed by atoms with E-state index in [1.54, 1.807) is 11.0 Å². The quantitative estimate of drug-likeness (QED) is 0.858. The van der Waals surface area contributed by atoms with Crippen molar-refractivity contribution in [2.75, 3.05) is 18.0 Å². The monoisotopic (exact) mass is 322 g/mol. The summed E-state index contributed by atoms with van der Waals surface area (Å²) < 4.78 is 39.4. The van der Waals surface area contributed by atoms with E-state index in [4.69, 9.17) is 5.73 Å². The largest absolute Gasteiger partial charge is 0.418 e. The highest BCUT2D eigenvalue weighted by Gasteiger charge is 2.35. The smallest absolute Gasteiger partial charge is 0.371 e. The third kappa shape index (κ3) is 2.98. The van der Waals surface area contributed by atoms with E-state index in [-0.39, 0.29) is 11.7 Å². The van der Waals surface area contributed by atoms with Crippen molar-refractivity contribution in [3.63, 3.8) is 0 Å². The topological polar surface area (TPSA) is 29.3 Å². The van der Waals surface area contributed by atoms with Crippen molar-refractivity contribution in [1.29, 1.82) is 0 Å². The molecule has 1 aromatic carbocycles. The molecule has 1 saturated heterocycles. The van der Waals surface area contributed by atoms with Gasteiger partial charge in [-0.3, -0.25) is 0 Å². The molecule has 0 unspecified atom stereocenters. The summed E-state index contributed by atoms with van der Waals surface area (Å²) in [6.45, 7) is 1.15. The van der Waals surface area contributed by atoms with Crippen LogP contribution in [0.2, 0.25) is 0 Å². The fraction of sp³-hybridized carbons (Fsp3) is 0.500. The standard InChI is InChI=1S/C12H14BrF3N2/c13-8-1-2-11(10(7-8)12(14,15)16)18-5-3-9(17)4-6-18/h1-2,7,9H,3-6,17H2. The molecule has 0 bridgehead atoms. The first-order chi connectivity index (χ1) is 8.38. The predicted molar refractivity (Wildman–Crippen MR) is 68.6 cm³/mol. The van der Waals surface area contributed by atoms with Crippen LogP contribution in [-0.4, -0.2) is 19.1 Å². The van der Waals surface area contributed by atoms with Crippen molar-refractivity contribution in [3.8, 4) is 0 Å². The molecule has 1 aliphatic heterocycles. The molecule has 2 rings (SSSR count). The van der Waals surface area contributed by atoms with Crippen LogP contribution in [0.3, 0.4) is 0 Å². The fourth-order valence-electron chi connectivity index (χ4n) is 2.15. The Balaban J connectivity index is 2.32. The van der Waals surface area contributed by atoms with E-state index in [1.807, 2.05) is 0 Å². The van der Waals surface area contributed by atoms with Gasteiger partial charge >= 0.3 is 6.18 Å². The maximum absolute atomic E-state index is 13.0. The van der Waals surface area contributed by atoms with Gasteiger partial charge in [0.15, 0.2) is 0 Å². The van der Waals surface area contributed by atoms with Gasteiger partial charge in [-0.2, -0.15) is 13.2 Å². The number of piperidine rings is 1. The normalized spacial score (nSPS) is 18.2. The Kier molecular flexibility index (Phi) is 3.87. The molecule has 0 atom stereocenters. The summed E-state index contributed by atoms with van der Waals surface area (Å²) in [6.07, 6.45) is -2.88. The van der Waals surface area contributed by atoms with E-state index < -0.39 is 11.7 Å². The third-order valence-corrected chi connectivity index (χ3v) is 3.64. The summed E-state index contributed by atoms with van der Waals surface area (Å²) in [4.78, 5) is 1.76. The Morgan fingerprint density at radius 3 is 2.39 bits per heavy atom. The maximum Gasteiger partial charge on any atom is 0.418 e. The number of nitrogens with two attached hydrogens (primary N) is 1. The van der Waals surface area contributed by atoms with Gasteiger partial charge in [-0.1, -0.05) is 15.9 Å². The Hall–Kier alpha value is -0.750. The number of nitrogens with zero attached hydrogens (tertiary/aromatic N) is 1. The van der Waals surface area contributed by atoms with E-state index in [1.165, 1.54) is 6.07 Å². The molecular formula is C12H14BrF3N2. The molecular weight excluding hydrogens is 309 g/mol. The molecule has 0 saturated carbocycles. The van der Waals surface area contributed by atoms with Crippen molar-refractivity contribution in [2.24, 2.45) is 5.73 Å². The van der Waals surface area contributed by atoms with Crippen molar-refractivity contribution in [1.82, 2.24) is 0 Å². The summed E-state index contributed by atoms with van der Waals surface area (Å²) in [5, 5.41) is 0. The molecule has 1 fully saturated rings. The predicted octanol–water partition coefficient (Wildman–Crippen LogP) is 3.40. The molecule has 0 aromatic heterocycles. The second-order valence-corrected chi connectivity index (χ2v) is 5.40. The number of halogens is 4. The van der Waals surface area contributed by atoms with E-state index in [0.29, 0.717) is 17.6 Å². The lowest BCUT2D eigenvalue weighted by molar-refractivity contribution is -0.137. The Labute approximate surface area is 112 Å². The average Bonchev–Trinajstić information content (AvgIpc) is 2.29. The van der Waals surface area contributed by atoms with Gasteiger partial charge in [-0.05, 0) is 31.0 Å². The summed E-state index contributed by atoms with van der Waals surface area (Å²) in [7, 11) is 0. The number of alkyl halides is 3. The van der Waals surface area contributed by atoms with Crippen molar-refractivity contribution in [2.45, 2.75) is 25.1 Å². The van der Waals surface area contributed by atoms with Crippen molar-refractivity contribution < 1.29 is 13.2 Å². The van der Waals surface area contributed by atoms with Crippen LogP contribution >= 0.6 is 15.9 Å². The van der Waals surface area contributed by atoms with Crippen LogP contribution in [-0.2, 0) is 6.18 Å². The highest BCUT2D eigenvalue weighted by atomic mass is 79.9. The Morgan fingerprint density at radius 2 is 1.83 bits per heavy atom. The first-order valence-corrected chi connectivity index (χ1v) is 6.54. The van der Waals surface area contributed by atoms with Gasteiger partial charge in [0.05, 0.1) is 5.56 Å². The molecule has 2 nitrogen and oxygen atoms in total. The molecule has 0 amide bonds. The lowest BCUT2D eigenvalue weighted by Crippen LogP contribution is -2.40.